The molecule has 1 unspecified atom stereocenters. The molecule has 0 aromatic carbocycles. The van der Waals surface area contributed by atoms with Gasteiger partial charge in [-0.15, -0.1) is 0 Å². The zero-order valence-electron chi connectivity index (χ0n) is 8.33. The van der Waals surface area contributed by atoms with Crippen LogP contribution in [0.2, 0.25) is 0 Å². The third-order valence-electron chi connectivity index (χ3n) is 1.46. The third-order valence-corrected chi connectivity index (χ3v) is 1.46. The highest BCUT2D eigenvalue weighted by Gasteiger charge is 2.27. The summed E-state index contributed by atoms with van der Waals surface area (Å²) in [6, 6.07) is -0.528. The van der Waals surface area contributed by atoms with Crippen LogP contribution < -0.4 is 5.43 Å². The van der Waals surface area contributed by atoms with E-state index in [2.05, 4.69) is 20.8 Å². The molecule has 0 saturated heterocycles. The highest BCUT2D eigenvalue weighted by Crippen LogP contribution is 2.10. The predicted molar refractivity (Wildman–Crippen MR) is 49.6 cm³/mol. The van der Waals surface area contributed by atoms with E-state index in [1.165, 1.54) is 0 Å². The minimum atomic E-state index is -0.528. The summed E-state index contributed by atoms with van der Waals surface area (Å²) in [5, 5.41) is 11.7. The number of hydrogen-bond acceptors (Lipinski definition) is 4. The molecule has 5 heteroatoms. The Balaban J connectivity index is 2.69. The Morgan fingerprint density at radius 3 is 2.46 bits per heavy atom. The van der Waals surface area contributed by atoms with E-state index >= 15 is 0 Å². The Bertz CT molecular complexity index is 274. The van der Waals surface area contributed by atoms with E-state index in [-0.39, 0.29) is 11.4 Å². The zero-order chi connectivity index (χ0) is 10.1. The second kappa shape index (κ2) is 3.24. The summed E-state index contributed by atoms with van der Waals surface area (Å²) in [5.41, 5.74) is 2.77. The molecule has 72 valence electrons. The Morgan fingerprint density at radius 2 is 2.08 bits per heavy atom. The summed E-state index contributed by atoms with van der Waals surface area (Å²) < 4.78 is 0. The lowest BCUT2D eigenvalue weighted by molar-refractivity contribution is -0.120. The van der Waals surface area contributed by atoms with Crippen LogP contribution in [-0.2, 0) is 4.79 Å². The van der Waals surface area contributed by atoms with Crippen molar-refractivity contribution >= 4 is 11.6 Å². The van der Waals surface area contributed by atoms with Crippen LogP contribution in [0.4, 0.5) is 0 Å². The van der Waals surface area contributed by atoms with Crippen molar-refractivity contribution in [2.75, 3.05) is 0 Å². The van der Waals surface area contributed by atoms with Gasteiger partial charge in [-0.25, -0.2) is 5.43 Å². The minimum absolute atomic E-state index is 0.203. The molecule has 0 bridgehead atoms. The van der Waals surface area contributed by atoms with Gasteiger partial charge in [-0.05, 0) is 27.7 Å². The molecule has 1 aliphatic heterocycles. The van der Waals surface area contributed by atoms with E-state index in [4.69, 9.17) is 0 Å². The van der Waals surface area contributed by atoms with Crippen molar-refractivity contribution in [1.82, 2.24) is 5.43 Å². The quantitative estimate of drug-likeness (QED) is 0.606. The lowest BCUT2D eigenvalue weighted by Crippen LogP contribution is -2.26. The molecule has 13 heavy (non-hydrogen) atoms. The zero-order valence-corrected chi connectivity index (χ0v) is 8.33. The van der Waals surface area contributed by atoms with Gasteiger partial charge >= 0.3 is 0 Å². The van der Waals surface area contributed by atoms with Gasteiger partial charge in [-0.3, -0.25) is 4.79 Å². The maximum absolute atomic E-state index is 11.1. The third kappa shape index (κ3) is 2.61. The van der Waals surface area contributed by atoms with Crippen LogP contribution in [0.1, 0.15) is 27.7 Å². The largest absolute Gasteiger partial charge is 0.272 e. The van der Waals surface area contributed by atoms with E-state index in [9.17, 15) is 4.79 Å². The van der Waals surface area contributed by atoms with E-state index in [1.54, 1.807) is 6.92 Å². The van der Waals surface area contributed by atoms with E-state index in [0.29, 0.717) is 5.71 Å². The highest BCUT2D eigenvalue weighted by molar-refractivity contribution is 6.10. The fraction of sp³-hybridized carbons (Fsp3) is 0.750. The highest BCUT2D eigenvalue weighted by atomic mass is 16.2. The maximum Gasteiger partial charge on any atom is 0.272 e. The lowest BCUT2D eigenvalue weighted by Gasteiger charge is -2.10. The predicted octanol–water partition coefficient (Wildman–Crippen LogP) is 1.11. The second-order valence-electron chi connectivity index (χ2n) is 4.02. The van der Waals surface area contributed by atoms with Crippen molar-refractivity contribution in [3.8, 4) is 0 Å². The van der Waals surface area contributed by atoms with Gasteiger partial charge in [0.15, 0.2) is 6.04 Å². The molecule has 1 N–H and O–H groups in total. The number of amides is 1. The Kier molecular flexibility index (Phi) is 2.45. The normalized spacial score (nSPS) is 23.5. The van der Waals surface area contributed by atoms with Crippen LogP contribution in [0.15, 0.2) is 15.3 Å². The Hall–Kier alpha value is -1.26. The molecule has 0 aliphatic carbocycles. The number of nitrogens with one attached hydrogen (secondary N) is 1. The standard InChI is InChI=1S/C8H14N4O/c1-5-6(7(13)11-9-5)10-12-8(2,3)4/h6H,1-4H3,(H,11,13). The number of carbonyl (C=O) groups excluding carboxylic acids is 1. The summed E-state index contributed by atoms with van der Waals surface area (Å²) in [7, 11) is 0. The number of hydrogen-bond donors (Lipinski definition) is 1. The number of azo groups is 1. The number of rotatable bonds is 1. The molecule has 1 amide bonds. The second-order valence-corrected chi connectivity index (χ2v) is 4.02. The summed E-state index contributed by atoms with van der Waals surface area (Å²) in [4.78, 5) is 11.1. The molecular formula is C8H14N4O. The van der Waals surface area contributed by atoms with Crippen molar-refractivity contribution in [3.05, 3.63) is 0 Å². The average Bonchev–Trinajstić information content (AvgIpc) is 2.27. The maximum atomic E-state index is 11.1. The van der Waals surface area contributed by atoms with Gasteiger partial charge in [0.2, 0.25) is 0 Å². The van der Waals surface area contributed by atoms with Gasteiger partial charge in [0, 0.05) is 0 Å². The first-order chi connectivity index (χ1) is 5.90. The molecule has 0 aromatic rings. The van der Waals surface area contributed by atoms with Gasteiger partial charge in [0.25, 0.3) is 5.91 Å². The molecular weight excluding hydrogens is 168 g/mol. The summed E-state index contributed by atoms with van der Waals surface area (Å²) in [5.74, 6) is -0.203. The van der Waals surface area contributed by atoms with Gasteiger partial charge < -0.3 is 0 Å². The number of hydrazone groups is 1. The van der Waals surface area contributed by atoms with Crippen molar-refractivity contribution < 1.29 is 4.79 Å². The number of carbonyl (C=O) groups is 1. The molecule has 0 fully saturated rings. The monoisotopic (exact) mass is 182 g/mol. The van der Waals surface area contributed by atoms with E-state index < -0.39 is 6.04 Å². The first kappa shape index (κ1) is 9.83. The molecule has 0 spiro atoms. The molecule has 1 heterocycles. The van der Waals surface area contributed by atoms with E-state index in [0.717, 1.165) is 0 Å². The van der Waals surface area contributed by atoms with Crippen LogP contribution >= 0.6 is 0 Å². The minimum Gasteiger partial charge on any atom is -0.270 e. The Labute approximate surface area is 77.3 Å². The van der Waals surface area contributed by atoms with Gasteiger partial charge in [0.05, 0.1) is 11.3 Å². The fourth-order valence-electron chi connectivity index (χ4n) is 0.822. The van der Waals surface area contributed by atoms with Gasteiger partial charge in [-0.2, -0.15) is 15.3 Å². The topological polar surface area (TPSA) is 66.2 Å². The molecule has 1 atom stereocenters. The molecule has 5 nitrogen and oxygen atoms in total. The van der Waals surface area contributed by atoms with E-state index in [1.807, 2.05) is 20.8 Å². The van der Waals surface area contributed by atoms with Crippen molar-refractivity contribution in [2.24, 2.45) is 15.3 Å². The van der Waals surface area contributed by atoms with Gasteiger partial charge in [0.1, 0.15) is 0 Å². The van der Waals surface area contributed by atoms with Crippen molar-refractivity contribution in [2.45, 2.75) is 39.3 Å². The smallest absolute Gasteiger partial charge is 0.270 e. The molecule has 0 radical (unpaired) electrons. The number of nitrogens with zero attached hydrogens (tertiary/aromatic N) is 3. The van der Waals surface area contributed by atoms with Crippen molar-refractivity contribution in [3.63, 3.8) is 0 Å². The SMILES string of the molecule is CC1=NNC(=O)C1N=NC(C)(C)C. The molecule has 1 aliphatic rings. The van der Waals surface area contributed by atoms with Crippen molar-refractivity contribution in [1.29, 1.82) is 0 Å². The first-order valence-corrected chi connectivity index (χ1v) is 4.16. The van der Waals surface area contributed by atoms with Crippen LogP contribution in [0, 0.1) is 0 Å². The van der Waals surface area contributed by atoms with Crippen LogP contribution in [0.25, 0.3) is 0 Å². The molecule has 0 aromatic heterocycles. The fourth-order valence-corrected chi connectivity index (χ4v) is 0.822. The lowest BCUT2D eigenvalue weighted by atomic mass is 10.1. The van der Waals surface area contributed by atoms with Crippen LogP contribution in [0.5, 0.6) is 0 Å². The average molecular weight is 182 g/mol. The summed E-state index contributed by atoms with van der Waals surface area (Å²) >= 11 is 0. The Morgan fingerprint density at radius 1 is 1.46 bits per heavy atom. The van der Waals surface area contributed by atoms with Gasteiger partial charge in [-0.1, -0.05) is 0 Å². The van der Waals surface area contributed by atoms with Crippen LogP contribution in [0.3, 0.4) is 0 Å². The molecule has 0 saturated carbocycles. The van der Waals surface area contributed by atoms with Crippen LogP contribution in [-0.4, -0.2) is 23.2 Å². The molecule has 1 rings (SSSR count). The summed E-state index contributed by atoms with van der Waals surface area (Å²) in [6.07, 6.45) is 0. The first-order valence-electron chi connectivity index (χ1n) is 4.16. The summed E-state index contributed by atoms with van der Waals surface area (Å²) in [6.45, 7) is 7.53.